The molecule has 114 valence electrons. The SMILES string of the molecule is CCOc1ccc(-c2nc3ccc(OC)cc3[nH]2)cc1OC. The van der Waals surface area contributed by atoms with Crippen molar-refractivity contribution in [1.29, 1.82) is 0 Å². The number of benzene rings is 2. The highest BCUT2D eigenvalue weighted by molar-refractivity contribution is 5.81. The van der Waals surface area contributed by atoms with Crippen LogP contribution in [0.3, 0.4) is 0 Å². The Bertz CT molecular complexity index is 796. The van der Waals surface area contributed by atoms with Crippen LogP contribution >= 0.6 is 0 Å². The van der Waals surface area contributed by atoms with Crippen LogP contribution in [0.1, 0.15) is 6.92 Å². The van der Waals surface area contributed by atoms with E-state index in [1.807, 2.05) is 43.3 Å². The molecule has 5 nitrogen and oxygen atoms in total. The van der Waals surface area contributed by atoms with E-state index in [0.717, 1.165) is 33.9 Å². The summed E-state index contributed by atoms with van der Waals surface area (Å²) in [6.45, 7) is 2.54. The van der Waals surface area contributed by atoms with Crippen LogP contribution < -0.4 is 14.2 Å². The Balaban J connectivity index is 2.03. The molecule has 2 aromatic carbocycles. The summed E-state index contributed by atoms with van der Waals surface area (Å²) in [4.78, 5) is 7.90. The second-order valence-electron chi connectivity index (χ2n) is 4.77. The van der Waals surface area contributed by atoms with Crippen molar-refractivity contribution in [2.45, 2.75) is 6.92 Å². The summed E-state index contributed by atoms with van der Waals surface area (Å²) in [5.41, 5.74) is 2.77. The van der Waals surface area contributed by atoms with E-state index < -0.39 is 0 Å². The second-order valence-corrected chi connectivity index (χ2v) is 4.77. The molecule has 1 N–H and O–H groups in total. The number of nitrogens with one attached hydrogen (secondary N) is 1. The molecule has 3 aromatic rings. The van der Waals surface area contributed by atoms with E-state index in [0.29, 0.717) is 12.4 Å². The second kappa shape index (κ2) is 5.97. The van der Waals surface area contributed by atoms with Crippen LogP contribution in [-0.2, 0) is 0 Å². The van der Waals surface area contributed by atoms with Gasteiger partial charge in [0.05, 0.1) is 31.9 Å². The number of nitrogens with zero attached hydrogens (tertiary/aromatic N) is 1. The van der Waals surface area contributed by atoms with Crippen molar-refractivity contribution < 1.29 is 14.2 Å². The monoisotopic (exact) mass is 298 g/mol. The summed E-state index contributed by atoms with van der Waals surface area (Å²) in [7, 11) is 3.28. The van der Waals surface area contributed by atoms with Gasteiger partial charge in [-0.3, -0.25) is 0 Å². The summed E-state index contributed by atoms with van der Waals surface area (Å²) >= 11 is 0. The Labute approximate surface area is 128 Å². The van der Waals surface area contributed by atoms with Crippen molar-refractivity contribution >= 4 is 11.0 Å². The fraction of sp³-hybridized carbons (Fsp3) is 0.235. The highest BCUT2D eigenvalue weighted by Crippen LogP contribution is 2.32. The van der Waals surface area contributed by atoms with E-state index in [-0.39, 0.29) is 0 Å². The van der Waals surface area contributed by atoms with E-state index in [1.54, 1.807) is 14.2 Å². The molecule has 0 aliphatic carbocycles. The standard InChI is InChI=1S/C17H18N2O3/c1-4-22-15-8-5-11(9-16(15)21-3)17-18-13-7-6-12(20-2)10-14(13)19-17/h5-10H,4H2,1-3H3,(H,18,19). The molecule has 0 bridgehead atoms. The Morgan fingerprint density at radius 2 is 1.86 bits per heavy atom. The Hall–Kier alpha value is -2.69. The summed E-state index contributed by atoms with van der Waals surface area (Å²) in [6, 6.07) is 11.5. The van der Waals surface area contributed by atoms with Gasteiger partial charge < -0.3 is 19.2 Å². The zero-order valence-electron chi connectivity index (χ0n) is 12.8. The van der Waals surface area contributed by atoms with Crippen LogP contribution in [0.2, 0.25) is 0 Å². The number of hydrogen-bond donors (Lipinski definition) is 1. The maximum absolute atomic E-state index is 5.54. The lowest BCUT2D eigenvalue weighted by atomic mass is 10.2. The van der Waals surface area contributed by atoms with E-state index in [1.165, 1.54) is 0 Å². The summed E-state index contributed by atoms with van der Waals surface area (Å²) in [5, 5.41) is 0. The third-order valence-electron chi connectivity index (χ3n) is 3.43. The Morgan fingerprint density at radius 3 is 2.59 bits per heavy atom. The van der Waals surface area contributed by atoms with E-state index >= 15 is 0 Å². The molecule has 5 heteroatoms. The minimum Gasteiger partial charge on any atom is -0.497 e. The molecule has 0 aliphatic rings. The molecule has 1 heterocycles. The summed E-state index contributed by atoms with van der Waals surface area (Å²) < 4.78 is 16.2. The van der Waals surface area contributed by atoms with Gasteiger partial charge in [0.15, 0.2) is 11.5 Å². The van der Waals surface area contributed by atoms with Crippen molar-refractivity contribution in [2.75, 3.05) is 20.8 Å². The van der Waals surface area contributed by atoms with Gasteiger partial charge in [0.25, 0.3) is 0 Å². The van der Waals surface area contributed by atoms with Gasteiger partial charge in [-0.25, -0.2) is 4.98 Å². The number of H-pyrrole nitrogens is 1. The molecule has 1 aromatic heterocycles. The molecule has 3 rings (SSSR count). The smallest absolute Gasteiger partial charge is 0.161 e. The minimum absolute atomic E-state index is 0.597. The van der Waals surface area contributed by atoms with Crippen LogP contribution in [0, 0.1) is 0 Å². The lowest BCUT2D eigenvalue weighted by molar-refractivity contribution is 0.311. The van der Waals surface area contributed by atoms with Gasteiger partial charge in [0.1, 0.15) is 11.6 Å². The lowest BCUT2D eigenvalue weighted by Crippen LogP contribution is -1.95. The predicted octanol–water partition coefficient (Wildman–Crippen LogP) is 3.65. The highest BCUT2D eigenvalue weighted by Gasteiger charge is 2.10. The minimum atomic E-state index is 0.597. The first-order valence-electron chi connectivity index (χ1n) is 7.10. The number of aromatic amines is 1. The molecule has 0 saturated carbocycles. The first kappa shape index (κ1) is 14.3. The maximum Gasteiger partial charge on any atom is 0.161 e. The average Bonchev–Trinajstić information content (AvgIpc) is 2.98. The molecule has 0 spiro atoms. The van der Waals surface area contributed by atoms with Gasteiger partial charge in [-0.2, -0.15) is 0 Å². The van der Waals surface area contributed by atoms with Crippen molar-refractivity contribution in [3.05, 3.63) is 36.4 Å². The molecular weight excluding hydrogens is 280 g/mol. The number of imidazole rings is 1. The number of aromatic nitrogens is 2. The van der Waals surface area contributed by atoms with Gasteiger partial charge in [0, 0.05) is 11.6 Å². The van der Waals surface area contributed by atoms with Crippen molar-refractivity contribution in [3.63, 3.8) is 0 Å². The largest absolute Gasteiger partial charge is 0.497 e. The average molecular weight is 298 g/mol. The number of methoxy groups -OCH3 is 2. The van der Waals surface area contributed by atoms with Crippen molar-refractivity contribution in [2.24, 2.45) is 0 Å². The quantitative estimate of drug-likeness (QED) is 0.781. The van der Waals surface area contributed by atoms with E-state index in [9.17, 15) is 0 Å². The third kappa shape index (κ3) is 2.57. The highest BCUT2D eigenvalue weighted by atomic mass is 16.5. The Kier molecular flexibility index (Phi) is 3.87. The number of hydrogen-bond acceptors (Lipinski definition) is 4. The van der Waals surface area contributed by atoms with Gasteiger partial charge in [-0.15, -0.1) is 0 Å². The molecule has 0 aliphatic heterocycles. The molecule has 0 atom stereocenters. The third-order valence-corrected chi connectivity index (χ3v) is 3.43. The van der Waals surface area contributed by atoms with Crippen LogP contribution in [0.15, 0.2) is 36.4 Å². The first-order valence-corrected chi connectivity index (χ1v) is 7.10. The summed E-state index contributed by atoms with van der Waals surface area (Å²) in [5.74, 6) is 3.00. The zero-order valence-corrected chi connectivity index (χ0v) is 12.8. The maximum atomic E-state index is 5.54. The molecular formula is C17H18N2O3. The van der Waals surface area contributed by atoms with E-state index in [4.69, 9.17) is 14.2 Å². The molecule has 0 unspecified atom stereocenters. The van der Waals surface area contributed by atoms with Gasteiger partial charge in [0.2, 0.25) is 0 Å². The first-order chi connectivity index (χ1) is 10.7. The Morgan fingerprint density at radius 1 is 1.00 bits per heavy atom. The van der Waals surface area contributed by atoms with Gasteiger partial charge >= 0.3 is 0 Å². The number of ether oxygens (including phenoxy) is 3. The number of fused-ring (bicyclic) bond motifs is 1. The molecule has 0 saturated heterocycles. The molecule has 0 radical (unpaired) electrons. The summed E-state index contributed by atoms with van der Waals surface area (Å²) in [6.07, 6.45) is 0. The van der Waals surface area contributed by atoms with Crippen LogP contribution in [0.5, 0.6) is 17.2 Å². The van der Waals surface area contributed by atoms with Gasteiger partial charge in [-0.05, 0) is 37.3 Å². The van der Waals surface area contributed by atoms with E-state index in [2.05, 4.69) is 9.97 Å². The van der Waals surface area contributed by atoms with Crippen LogP contribution in [-0.4, -0.2) is 30.8 Å². The molecule has 0 fully saturated rings. The van der Waals surface area contributed by atoms with Crippen molar-refractivity contribution in [1.82, 2.24) is 9.97 Å². The van der Waals surface area contributed by atoms with Crippen molar-refractivity contribution in [3.8, 4) is 28.6 Å². The molecule has 22 heavy (non-hydrogen) atoms. The van der Waals surface area contributed by atoms with Crippen LogP contribution in [0.25, 0.3) is 22.4 Å². The molecule has 0 amide bonds. The van der Waals surface area contributed by atoms with Crippen LogP contribution in [0.4, 0.5) is 0 Å². The fourth-order valence-corrected chi connectivity index (χ4v) is 2.34. The topological polar surface area (TPSA) is 56.4 Å². The lowest BCUT2D eigenvalue weighted by Gasteiger charge is -2.09. The normalized spacial score (nSPS) is 10.7. The number of rotatable bonds is 5. The zero-order chi connectivity index (χ0) is 15.5. The predicted molar refractivity (Wildman–Crippen MR) is 85.8 cm³/mol. The van der Waals surface area contributed by atoms with Gasteiger partial charge in [-0.1, -0.05) is 0 Å². The fourth-order valence-electron chi connectivity index (χ4n) is 2.34.